The lowest BCUT2D eigenvalue weighted by atomic mass is 10.2. The average Bonchev–Trinajstić information content (AvgIpc) is 2.29. The number of hydrogen-bond donors (Lipinski definition) is 1. The molecule has 16 heavy (non-hydrogen) atoms. The molecule has 0 fully saturated rings. The fourth-order valence-corrected chi connectivity index (χ4v) is 2.55. The van der Waals surface area contributed by atoms with Crippen molar-refractivity contribution in [2.45, 2.75) is 24.0 Å². The van der Waals surface area contributed by atoms with E-state index in [1.165, 1.54) is 0 Å². The van der Waals surface area contributed by atoms with Gasteiger partial charge in [-0.25, -0.2) is 0 Å². The topological polar surface area (TPSA) is 32.3 Å². The van der Waals surface area contributed by atoms with Crippen molar-refractivity contribution < 1.29 is 4.79 Å². The lowest BCUT2D eigenvalue weighted by Crippen LogP contribution is -2.26. The van der Waals surface area contributed by atoms with E-state index < -0.39 is 0 Å². The number of amides is 1. The van der Waals surface area contributed by atoms with Crippen LogP contribution < -0.4 is 10.2 Å². The summed E-state index contributed by atoms with van der Waals surface area (Å²) in [4.78, 5) is 14.9. The molecular formula is C12H16N2OS. The van der Waals surface area contributed by atoms with Crippen LogP contribution >= 0.6 is 11.8 Å². The summed E-state index contributed by atoms with van der Waals surface area (Å²) in [7, 11) is 2.04. The Morgan fingerprint density at radius 3 is 2.94 bits per heavy atom. The third kappa shape index (κ3) is 2.02. The average molecular weight is 236 g/mol. The number of fused-ring (bicyclic) bond motifs is 1. The van der Waals surface area contributed by atoms with Gasteiger partial charge in [-0.2, -0.15) is 0 Å². The zero-order valence-corrected chi connectivity index (χ0v) is 10.6. The number of nitrogens with one attached hydrogen (secondary N) is 1. The molecular weight excluding hydrogens is 220 g/mol. The Kier molecular flexibility index (Phi) is 3.10. The van der Waals surface area contributed by atoms with E-state index in [0.29, 0.717) is 0 Å². The van der Waals surface area contributed by atoms with Crippen LogP contribution in [0.5, 0.6) is 0 Å². The van der Waals surface area contributed by atoms with Gasteiger partial charge >= 0.3 is 0 Å². The molecule has 0 saturated carbocycles. The second-order valence-electron chi connectivity index (χ2n) is 3.94. The number of nitrogens with zero attached hydrogens (tertiary/aromatic N) is 1. The van der Waals surface area contributed by atoms with E-state index in [9.17, 15) is 4.79 Å². The second kappa shape index (κ2) is 4.37. The van der Waals surface area contributed by atoms with E-state index in [2.05, 4.69) is 29.3 Å². The highest BCUT2D eigenvalue weighted by atomic mass is 32.2. The Bertz CT molecular complexity index is 419. The maximum absolute atomic E-state index is 11.6. The van der Waals surface area contributed by atoms with Gasteiger partial charge in [0.2, 0.25) is 5.91 Å². The van der Waals surface area contributed by atoms with Gasteiger partial charge in [0.05, 0.1) is 10.9 Å². The summed E-state index contributed by atoms with van der Waals surface area (Å²) in [6.07, 6.45) is 0. The minimum absolute atomic E-state index is 0.00209. The first kappa shape index (κ1) is 11.3. The van der Waals surface area contributed by atoms with E-state index in [0.717, 1.165) is 22.8 Å². The molecule has 1 aromatic rings. The largest absolute Gasteiger partial charge is 0.375 e. The lowest BCUT2D eigenvalue weighted by molar-refractivity contribution is -0.115. The Labute approximate surface area is 100 Å². The molecule has 0 radical (unpaired) electrons. The molecule has 1 aromatic carbocycles. The molecule has 1 N–H and O–H groups in total. The fourth-order valence-electron chi connectivity index (χ4n) is 1.62. The molecule has 0 aliphatic carbocycles. The maximum atomic E-state index is 11.6. The van der Waals surface area contributed by atoms with Crippen LogP contribution in [0.25, 0.3) is 0 Å². The van der Waals surface area contributed by atoms with Crippen molar-refractivity contribution in [2.24, 2.45) is 0 Å². The minimum atomic E-state index is 0.00209. The minimum Gasteiger partial charge on any atom is -0.375 e. The van der Waals surface area contributed by atoms with Crippen LogP contribution in [0.1, 0.15) is 13.8 Å². The second-order valence-corrected chi connectivity index (χ2v) is 5.33. The monoisotopic (exact) mass is 236 g/mol. The summed E-state index contributed by atoms with van der Waals surface area (Å²) in [6, 6.07) is 6.21. The molecule has 0 saturated heterocycles. The summed E-state index contributed by atoms with van der Waals surface area (Å²) in [5, 5.41) is 2.94. The third-order valence-corrected chi connectivity index (χ3v) is 3.99. The predicted molar refractivity (Wildman–Crippen MR) is 69.3 cm³/mol. The van der Waals surface area contributed by atoms with Crippen molar-refractivity contribution in [1.29, 1.82) is 0 Å². The molecule has 1 atom stereocenters. The van der Waals surface area contributed by atoms with E-state index in [4.69, 9.17) is 0 Å². The van der Waals surface area contributed by atoms with Crippen molar-refractivity contribution in [3.05, 3.63) is 18.2 Å². The normalized spacial score (nSPS) is 18.9. The summed E-state index contributed by atoms with van der Waals surface area (Å²) in [5.74, 6) is 0.0915. The summed E-state index contributed by atoms with van der Waals surface area (Å²) in [5.41, 5.74) is 2.07. The fraction of sp³-hybridized carbons (Fsp3) is 0.417. The standard InChI is InChI=1S/C12H16N2OS/c1-4-14(3)9-5-6-11-10(7-9)13-12(15)8(2)16-11/h5-8H,4H2,1-3H3,(H,13,15). The number of thioether (sulfide) groups is 1. The number of benzene rings is 1. The molecule has 86 valence electrons. The molecule has 1 heterocycles. The highest BCUT2D eigenvalue weighted by Crippen LogP contribution is 2.37. The van der Waals surface area contributed by atoms with Gasteiger partial charge < -0.3 is 10.2 Å². The number of rotatable bonds is 2. The van der Waals surface area contributed by atoms with Crippen LogP contribution in [0, 0.1) is 0 Å². The number of carbonyl (C=O) groups is 1. The van der Waals surface area contributed by atoms with Gasteiger partial charge in [-0.3, -0.25) is 4.79 Å². The Hall–Kier alpha value is -1.16. The van der Waals surface area contributed by atoms with Gasteiger partial charge in [-0.05, 0) is 32.0 Å². The molecule has 0 spiro atoms. The zero-order valence-electron chi connectivity index (χ0n) is 9.78. The number of anilines is 2. The first-order chi connectivity index (χ1) is 7.61. The van der Waals surface area contributed by atoms with Crippen molar-refractivity contribution in [3.8, 4) is 0 Å². The first-order valence-electron chi connectivity index (χ1n) is 5.44. The third-order valence-electron chi connectivity index (χ3n) is 2.81. The molecule has 1 aliphatic heterocycles. The maximum Gasteiger partial charge on any atom is 0.237 e. The number of carbonyl (C=O) groups excluding carboxylic acids is 1. The van der Waals surface area contributed by atoms with Crippen LogP contribution in [-0.4, -0.2) is 24.7 Å². The first-order valence-corrected chi connectivity index (χ1v) is 6.32. The molecule has 4 heteroatoms. The highest BCUT2D eigenvalue weighted by molar-refractivity contribution is 8.00. The van der Waals surface area contributed by atoms with Gasteiger partial charge in [0.15, 0.2) is 0 Å². The molecule has 1 amide bonds. The van der Waals surface area contributed by atoms with Crippen molar-refractivity contribution in [1.82, 2.24) is 0 Å². The Morgan fingerprint density at radius 2 is 2.25 bits per heavy atom. The van der Waals surface area contributed by atoms with Crippen molar-refractivity contribution >= 4 is 29.0 Å². The Morgan fingerprint density at radius 1 is 1.50 bits per heavy atom. The highest BCUT2D eigenvalue weighted by Gasteiger charge is 2.23. The molecule has 1 aliphatic rings. The smallest absolute Gasteiger partial charge is 0.237 e. The van der Waals surface area contributed by atoms with Crippen LogP contribution in [0.15, 0.2) is 23.1 Å². The van der Waals surface area contributed by atoms with Crippen molar-refractivity contribution in [2.75, 3.05) is 23.8 Å². The van der Waals surface area contributed by atoms with E-state index in [1.807, 2.05) is 20.0 Å². The molecule has 2 rings (SSSR count). The summed E-state index contributed by atoms with van der Waals surface area (Å²) >= 11 is 1.62. The lowest BCUT2D eigenvalue weighted by Gasteiger charge is -2.24. The van der Waals surface area contributed by atoms with Gasteiger partial charge in [0, 0.05) is 24.2 Å². The van der Waals surface area contributed by atoms with E-state index >= 15 is 0 Å². The SMILES string of the molecule is CCN(C)c1ccc2c(c1)NC(=O)C(C)S2. The molecule has 0 aromatic heterocycles. The molecule has 1 unspecified atom stereocenters. The predicted octanol–water partition coefficient (Wildman–Crippen LogP) is 2.58. The summed E-state index contributed by atoms with van der Waals surface area (Å²) in [6.45, 7) is 4.99. The van der Waals surface area contributed by atoms with Gasteiger partial charge in [0.1, 0.15) is 0 Å². The number of hydrogen-bond acceptors (Lipinski definition) is 3. The molecule has 3 nitrogen and oxygen atoms in total. The van der Waals surface area contributed by atoms with Gasteiger partial charge in [0.25, 0.3) is 0 Å². The van der Waals surface area contributed by atoms with Crippen LogP contribution in [0.3, 0.4) is 0 Å². The van der Waals surface area contributed by atoms with Crippen LogP contribution in [0.2, 0.25) is 0 Å². The van der Waals surface area contributed by atoms with E-state index in [1.54, 1.807) is 11.8 Å². The van der Waals surface area contributed by atoms with Crippen molar-refractivity contribution in [3.63, 3.8) is 0 Å². The molecule has 0 bridgehead atoms. The van der Waals surface area contributed by atoms with Gasteiger partial charge in [-0.1, -0.05) is 0 Å². The quantitative estimate of drug-likeness (QED) is 0.856. The van der Waals surface area contributed by atoms with Crippen LogP contribution in [-0.2, 0) is 4.79 Å². The van der Waals surface area contributed by atoms with Crippen LogP contribution in [0.4, 0.5) is 11.4 Å². The summed E-state index contributed by atoms with van der Waals surface area (Å²) < 4.78 is 0. The van der Waals surface area contributed by atoms with E-state index in [-0.39, 0.29) is 11.2 Å². The Balaban J connectivity index is 2.32. The zero-order chi connectivity index (χ0) is 11.7. The van der Waals surface area contributed by atoms with Gasteiger partial charge in [-0.15, -0.1) is 11.8 Å².